The van der Waals surface area contributed by atoms with E-state index < -0.39 is 36.8 Å². The minimum absolute atomic E-state index is 0.246. The lowest BCUT2D eigenvalue weighted by Crippen LogP contribution is -2.46. The van der Waals surface area contributed by atoms with Crippen LogP contribution >= 0.6 is 0 Å². The van der Waals surface area contributed by atoms with Crippen molar-refractivity contribution < 1.29 is 35.4 Å². The summed E-state index contributed by atoms with van der Waals surface area (Å²) < 4.78 is 0. The third-order valence-electron chi connectivity index (χ3n) is 4.41. The summed E-state index contributed by atoms with van der Waals surface area (Å²) in [6.45, 7) is -0.524. The average molecular weight is 364 g/mol. The molecule has 0 rings (SSSR count). The second-order valence-corrected chi connectivity index (χ2v) is 6.66. The molecule has 0 radical (unpaired) electrons. The monoisotopic (exact) mass is 364 g/mol. The lowest BCUT2D eigenvalue weighted by molar-refractivity contribution is -0.149. The predicted octanol–water partition coefficient (Wildman–Crippen LogP) is 0.275. The smallest absolute Gasteiger partial charge is 0.195 e. The zero-order valence-corrected chi connectivity index (χ0v) is 15.1. The molecule has 0 aromatic rings. The van der Waals surface area contributed by atoms with E-state index in [1.807, 2.05) is 0 Å². The van der Waals surface area contributed by atoms with Gasteiger partial charge in [0.15, 0.2) is 5.78 Å². The number of ketones is 1. The Morgan fingerprint density at radius 2 is 1.00 bits per heavy atom. The average Bonchev–Trinajstić information content (AvgIpc) is 2.63. The van der Waals surface area contributed by atoms with Gasteiger partial charge in [0.2, 0.25) is 0 Å². The number of unbranched alkanes of at least 4 members (excludes halogenated alkanes) is 9. The number of Topliss-reactive ketones (excluding diaryl/α,β-unsaturated/α-hetero) is 1. The Labute approximate surface area is 150 Å². The summed E-state index contributed by atoms with van der Waals surface area (Å²) in [4.78, 5) is 11.6. The maximum Gasteiger partial charge on any atom is 0.195 e. The summed E-state index contributed by atoms with van der Waals surface area (Å²) in [6.07, 6.45) is 4.02. The van der Waals surface area contributed by atoms with Crippen molar-refractivity contribution in [2.45, 2.75) is 95.0 Å². The minimum atomic E-state index is -1.90. The summed E-state index contributed by atoms with van der Waals surface area (Å²) in [5, 5.41) is 55.4. The minimum Gasteiger partial charge on any atom is -0.396 e. The zero-order chi connectivity index (χ0) is 19.1. The number of hydrogen-bond donors (Lipinski definition) is 6. The molecule has 0 heterocycles. The van der Waals surface area contributed by atoms with Gasteiger partial charge in [0, 0.05) is 6.61 Å². The summed E-state index contributed by atoms with van der Waals surface area (Å²) in [5.41, 5.74) is 0. The van der Waals surface area contributed by atoms with Gasteiger partial charge < -0.3 is 30.6 Å². The van der Waals surface area contributed by atoms with Crippen LogP contribution in [0.2, 0.25) is 0 Å². The quantitative estimate of drug-likeness (QED) is 0.204. The van der Waals surface area contributed by atoms with Gasteiger partial charge in [-0.1, -0.05) is 57.8 Å². The fourth-order valence-electron chi connectivity index (χ4n) is 2.69. The van der Waals surface area contributed by atoms with Crippen LogP contribution in [0.3, 0.4) is 0 Å². The molecule has 0 spiro atoms. The van der Waals surface area contributed by atoms with E-state index in [0.29, 0.717) is 6.42 Å². The molecule has 0 aromatic heterocycles. The molecule has 0 amide bonds. The van der Waals surface area contributed by atoms with Crippen molar-refractivity contribution in [1.82, 2.24) is 0 Å². The molecule has 0 aromatic carbocycles. The SMILES string of the molecule is O=C([C@@H](O)C(O)CCCCCCCCCCCCO)[C@H](O)[C@H](O)CO. The Bertz CT molecular complexity index is 325. The molecular formula is C18H36O7. The molecular weight excluding hydrogens is 328 g/mol. The number of aliphatic hydroxyl groups excluding tert-OH is 6. The molecule has 0 aliphatic heterocycles. The van der Waals surface area contributed by atoms with Gasteiger partial charge in [-0.2, -0.15) is 0 Å². The fraction of sp³-hybridized carbons (Fsp3) is 0.944. The van der Waals surface area contributed by atoms with Gasteiger partial charge in [0.05, 0.1) is 12.7 Å². The molecule has 1 unspecified atom stereocenters. The van der Waals surface area contributed by atoms with Crippen LogP contribution in [0.4, 0.5) is 0 Å². The predicted molar refractivity (Wildman–Crippen MR) is 94.0 cm³/mol. The molecule has 7 nitrogen and oxygen atoms in total. The van der Waals surface area contributed by atoms with E-state index in [2.05, 4.69) is 0 Å². The number of hydrogen-bond acceptors (Lipinski definition) is 7. The van der Waals surface area contributed by atoms with Crippen molar-refractivity contribution in [3.05, 3.63) is 0 Å². The first-order valence-electron chi connectivity index (χ1n) is 9.43. The maximum atomic E-state index is 11.6. The molecule has 0 bridgehead atoms. The van der Waals surface area contributed by atoms with Gasteiger partial charge in [0.25, 0.3) is 0 Å². The van der Waals surface area contributed by atoms with Crippen LogP contribution in [-0.2, 0) is 4.79 Å². The largest absolute Gasteiger partial charge is 0.396 e. The Kier molecular flexibility index (Phi) is 15.3. The lowest BCUT2D eigenvalue weighted by Gasteiger charge is -2.21. The van der Waals surface area contributed by atoms with Gasteiger partial charge in [-0.25, -0.2) is 0 Å². The summed E-state index contributed by atoms with van der Waals surface area (Å²) in [6, 6.07) is 0. The van der Waals surface area contributed by atoms with Crippen LogP contribution in [0.5, 0.6) is 0 Å². The fourth-order valence-corrected chi connectivity index (χ4v) is 2.69. The molecule has 4 atom stereocenters. The Morgan fingerprint density at radius 3 is 1.44 bits per heavy atom. The Morgan fingerprint density at radius 1 is 0.600 bits per heavy atom. The first-order chi connectivity index (χ1) is 12.0. The van der Waals surface area contributed by atoms with E-state index in [9.17, 15) is 25.2 Å². The van der Waals surface area contributed by atoms with Gasteiger partial charge in [0.1, 0.15) is 18.3 Å². The topological polar surface area (TPSA) is 138 Å². The molecule has 0 saturated heterocycles. The molecule has 0 fully saturated rings. The third-order valence-corrected chi connectivity index (χ3v) is 4.41. The van der Waals surface area contributed by atoms with Crippen LogP contribution in [0.1, 0.15) is 70.6 Å². The summed E-state index contributed by atoms with van der Waals surface area (Å²) in [5.74, 6) is -1.07. The van der Waals surface area contributed by atoms with Crippen molar-refractivity contribution in [3.8, 4) is 0 Å². The normalized spacial score (nSPS) is 16.4. The van der Waals surface area contributed by atoms with Gasteiger partial charge in [-0.15, -0.1) is 0 Å². The highest BCUT2D eigenvalue weighted by Crippen LogP contribution is 2.14. The molecule has 150 valence electrons. The molecule has 25 heavy (non-hydrogen) atoms. The molecule has 7 heteroatoms. The van der Waals surface area contributed by atoms with Crippen LogP contribution in [0.25, 0.3) is 0 Å². The van der Waals surface area contributed by atoms with Gasteiger partial charge in [-0.05, 0) is 12.8 Å². The van der Waals surface area contributed by atoms with Crippen molar-refractivity contribution >= 4 is 5.78 Å². The van der Waals surface area contributed by atoms with E-state index >= 15 is 0 Å². The van der Waals surface area contributed by atoms with Crippen LogP contribution in [0.15, 0.2) is 0 Å². The van der Waals surface area contributed by atoms with Gasteiger partial charge >= 0.3 is 0 Å². The zero-order valence-electron chi connectivity index (χ0n) is 15.1. The Balaban J connectivity index is 3.66. The molecule has 0 aliphatic carbocycles. The van der Waals surface area contributed by atoms with E-state index in [-0.39, 0.29) is 13.0 Å². The van der Waals surface area contributed by atoms with E-state index in [4.69, 9.17) is 10.2 Å². The second kappa shape index (κ2) is 15.7. The van der Waals surface area contributed by atoms with Crippen molar-refractivity contribution in [2.24, 2.45) is 0 Å². The molecule has 0 saturated carbocycles. The van der Waals surface area contributed by atoms with Crippen molar-refractivity contribution in [1.29, 1.82) is 0 Å². The van der Waals surface area contributed by atoms with Crippen LogP contribution in [-0.4, -0.2) is 74.1 Å². The number of carbonyl (C=O) groups excluding carboxylic acids is 1. The number of carbonyl (C=O) groups is 1. The van der Waals surface area contributed by atoms with Crippen molar-refractivity contribution in [3.63, 3.8) is 0 Å². The third kappa shape index (κ3) is 11.6. The van der Waals surface area contributed by atoms with E-state index in [1.54, 1.807) is 0 Å². The lowest BCUT2D eigenvalue weighted by atomic mass is 9.97. The van der Waals surface area contributed by atoms with E-state index in [1.165, 1.54) is 12.8 Å². The number of rotatable bonds is 17. The highest BCUT2D eigenvalue weighted by molar-refractivity contribution is 5.88. The summed E-state index contributed by atoms with van der Waals surface area (Å²) in [7, 11) is 0. The highest BCUT2D eigenvalue weighted by atomic mass is 16.4. The number of aliphatic hydroxyl groups is 6. The highest BCUT2D eigenvalue weighted by Gasteiger charge is 2.32. The maximum absolute atomic E-state index is 11.6. The van der Waals surface area contributed by atoms with Crippen molar-refractivity contribution in [2.75, 3.05) is 13.2 Å². The second-order valence-electron chi connectivity index (χ2n) is 6.66. The Hall–Kier alpha value is -0.570. The standard InChI is InChI=1S/C18H36O7/c19-12-10-8-6-4-2-1-3-5-7-9-11-14(21)16(23)18(25)17(24)15(22)13-20/h14-17,19-24H,1-13H2/t14?,15-,16+,17-/m1/s1. The van der Waals surface area contributed by atoms with E-state index in [0.717, 1.165) is 44.9 Å². The molecule has 6 N–H and O–H groups in total. The molecule has 0 aliphatic rings. The summed E-state index contributed by atoms with van der Waals surface area (Å²) >= 11 is 0. The first kappa shape index (κ1) is 24.4. The van der Waals surface area contributed by atoms with Crippen LogP contribution < -0.4 is 0 Å². The first-order valence-corrected chi connectivity index (χ1v) is 9.43. The van der Waals surface area contributed by atoms with Crippen LogP contribution in [0, 0.1) is 0 Å². The van der Waals surface area contributed by atoms with Gasteiger partial charge in [-0.3, -0.25) is 4.79 Å².